The number of rotatable bonds is 12. The molecule has 4 aromatic rings. The molecule has 1 atom stereocenters. The minimum absolute atomic E-state index is 0.0525. The third-order valence-electron chi connectivity index (χ3n) is 5.98. The molecule has 1 heterocycles. The Balaban J connectivity index is 1.37. The molecule has 3 N–H and O–H groups in total. The van der Waals surface area contributed by atoms with Crippen LogP contribution in [-0.2, 0) is 4.79 Å². The van der Waals surface area contributed by atoms with Crippen LogP contribution in [-0.4, -0.2) is 36.2 Å². The molecule has 1 amide bonds. The van der Waals surface area contributed by atoms with Crippen molar-refractivity contribution in [1.82, 2.24) is 5.32 Å². The highest BCUT2D eigenvalue weighted by molar-refractivity contribution is 5.94. The van der Waals surface area contributed by atoms with Crippen molar-refractivity contribution < 1.29 is 28.2 Å². The number of benzene rings is 3. The van der Waals surface area contributed by atoms with E-state index in [1.54, 1.807) is 36.4 Å². The summed E-state index contributed by atoms with van der Waals surface area (Å²) < 4.78 is 26.7. The van der Waals surface area contributed by atoms with Crippen LogP contribution in [0.1, 0.15) is 37.0 Å². The molecular weight excluding hydrogens is 487 g/mol. The summed E-state index contributed by atoms with van der Waals surface area (Å²) in [4.78, 5) is 22.8. The Labute approximate surface area is 220 Å². The second-order valence-electron chi connectivity index (χ2n) is 9.55. The van der Waals surface area contributed by atoms with Gasteiger partial charge in [0.05, 0.1) is 18.0 Å². The van der Waals surface area contributed by atoms with Crippen LogP contribution in [0.5, 0.6) is 5.75 Å². The predicted molar refractivity (Wildman–Crippen MR) is 145 cm³/mol. The summed E-state index contributed by atoms with van der Waals surface area (Å²) >= 11 is 0. The summed E-state index contributed by atoms with van der Waals surface area (Å²) in [6.07, 6.45) is 0.686. The first-order valence-corrected chi connectivity index (χ1v) is 12.6. The fourth-order valence-electron chi connectivity index (χ4n) is 4.17. The van der Waals surface area contributed by atoms with Crippen LogP contribution in [0.4, 0.5) is 10.1 Å². The number of carboxylic acid groups (broad SMARTS) is 1. The molecule has 1 unspecified atom stereocenters. The largest absolute Gasteiger partial charge is 0.491 e. The maximum absolute atomic E-state index is 14.9. The number of nitrogens with one attached hydrogen (secondary N) is 2. The number of hydrogen-bond donors (Lipinski definition) is 3. The van der Waals surface area contributed by atoms with Gasteiger partial charge in [0.25, 0.3) is 5.91 Å². The summed E-state index contributed by atoms with van der Waals surface area (Å²) in [5.41, 5.74) is 2.33. The van der Waals surface area contributed by atoms with E-state index in [9.17, 15) is 14.0 Å². The lowest BCUT2D eigenvalue weighted by molar-refractivity contribution is -0.136. The van der Waals surface area contributed by atoms with E-state index < -0.39 is 11.8 Å². The van der Waals surface area contributed by atoms with E-state index in [-0.39, 0.29) is 24.9 Å². The molecule has 0 radical (unpaired) electrons. The first-order chi connectivity index (χ1) is 18.3. The van der Waals surface area contributed by atoms with Gasteiger partial charge in [-0.1, -0.05) is 32.0 Å². The molecule has 0 fully saturated rings. The standard InChI is InChI=1S/C30H31FN2O5/c1-19(2)15-23(33-22-9-7-20(8-10-22)30(36)32-14-13-29(34)35)18-37-24-11-12-25(26(31)17-24)28-16-21-5-3-4-6-27(21)38-28/h3-12,16-17,19,23,33H,13-15,18H2,1-2H3,(H,32,36)(H,34,35). The van der Waals surface area contributed by atoms with Crippen molar-refractivity contribution in [2.45, 2.75) is 32.7 Å². The van der Waals surface area contributed by atoms with E-state index in [0.29, 0.717) is 40.7 Å². The summed E-state index contributed by atoms with van der Waals surface area (Å²) in [5, 5.41) is 15.6. The molecule has 38 heavy (non-hydrogen) atoms. The van der Waals surface area contributed by atoms with Gasteiger partial charge in [0.2, 0.25) is 0 Å². The summed E-state index contributed by atoms with van der Waals surface area (Å²) in [5.74, 6) is -0.434. The molecule has 0 spiro atoms. The molecule has 7 nitrogen and oxygen atoms in total. The van der Waals surface area contributed by atoms with E-state index in [1.165, 1.54) is 6.07 Å². The van der Waals surface area contributed by atoms with Gasteiger partial charge in [0.1, 0.15) is 29.5 Å². The molecule has 0 aliphatic rings. The molecule has 0 aliphatic carbocycles. The van der Waals surface area contributed by atoms with Crippen molar-refractivity contribution in [3.8, 4) is 17.1 Å². The first kappa shape index (κ1) is 26.7. The van der Waals surface area contributed by atoms with Crippen LogP contribution in [0.25, 0.3) is 22.3 Å². The number of carbonyl (C=O) groups excluding carboxylic acids is 1. The Morgan fingerprint density at radius 1 is 1.03 bits per heavy atom. The Bertz CT molecular complexity index is 1360. The number of para-hydroxylation sites is 1. The normalized spacial score (nSPS) is 11.9. The maximum Gasteiger partial charge on any atom is 0.305 e. The third-order valence-corrected chi connectivity index (χ3v) is 5.98. The zero-order valence-electron chi connectivity index (χ0n) is 21.4. The fraction of sp³-hybridized carbons (Fsp3) is 0.267. The van der Waals surface area contributed by atoms with Gasteiger partial charge in [0, 0.05) is 29.2 Å². The van der Waals surface area contributed by atoms with Crippen molar-refractivity contribution >= 4 is 28.5 Å². The molecule has 0 bridgehead atoms. The highest BCUT2D eigenvalue weighted by atomic mass is 19.1. The number of hydrogen-bond acceptors (Lipinski definition) is 5. The highest BCUT2D eigenvalue weighted by Gasteiger charge is 2.15. The molecule has 3 aromatic carbocycles. The smallest absolute Gasteiger partial charge is 0.305 e. The summed E-state index contributed by atoms with van der Waals surface area (Å²) in [6, 6.07) is 21.0. The van der Waals surface area contributed by atoms with Crippen LogP contribution in [0.2, 0.25) is 0 Å². The third kappa shape index (κ3) is 7.12. The van der Waals surface area contributed by atoms with Crippen molar-refractivity contribution in [2.75, 3.05) is 18.5 Å². The average Bonchev–Trinajstić information content (AvgIpc) is 3.31. The molecule has 1 aromatic heterocycles. The Morgan fingerprint density at radius 2 is 1.79 bits per heavy atom. The van der Waals surface area contributed by atoms with Crippen molar-refractivity contribution in [3.05, 3.63) is 84.2 Å². The van der Waals surface area contributed by atoms with Crippen LogP contribution >= 0.6 is 0 Å². The number of carbonyl (C=O) groups is 2. The van der Waals surface area contributed by atoms with Crippen molar-refractivity contribution in [3.63, 3.8) is 0 Å². The van der Waals surface area contributed by atoms with Crippen LogP contribution in [0, 0.1) is 11.7 Å². The maximum atomic E-state index is 14.9. The highest BCUT2D eigenvalue weighted by Crippen LogP contribution is 2.31. The van der Waals surface area contributed by atoms with Crippen LogP contribution < -0.4 is 15.4 Å². The molecule has 4 rings (SSSR count). The molecule has 0 saturated heterocycles. The van der Waals surface area contributed by atoms with E-state index in [2.05, 4.69) is 24.5 Å². The second kappa shape index (κ2) is 12.3. The lowest BCUT2D eigenvalue weighted by atomic mass is 10.0. The van der Waals surface area contributed by atoms with Gasteiger partial charge in [-0.2, -0.15) is 0 Å². The Morgan fingerprint density at radius 3 is 2.47 bits per heavy atom. The molecule has 0 saturated carbocycles. The SMILES string of the molecule is CC(C)CC(COc1ccc(-c2cc3ccccc3o2)c(F)c1)Nc1ccc(C(=O)NCCC(=O)O)cc1. The zero-order chi connectivity index (χ0) is 27.1. The van der Waals surface area contributed by atoms with Crippen molar-refractivity contribution in [1.29, 1.82) is 0 Å². The number of ether oxygens (including phenoxy) is 1. The molecular formula is C30H31FN2O5. The van der Waals surface area contributed by atoms with Crippen LogP contribution in [0.3, 0.4) is 0 Å². The van der Waals surface area contributed by atoms with Gasteiger partial charge >= 0.3 is 5.97 Å². The lowest BCUT2D eigenvalue weighted by Gasteiger charge is -2.22. The minimum atomic E-state index is -0.965. The lowest BCUT2D eigenvalue weighted by Crippen LogP contribution is -2.29. The monoisotopic (exact) mass is 518 g/mol. The Hall–Kier alpha value is -4.33. The first-order valence-electron chi connectivity index (χ1n) is 12.6. The van der Waals surface area contributed by atoms with Gasteiger partial charge in [0.15, 0.2) is 0 Å². The topological polar surface area (TPSA) is 101 Å². The van der Waals surface area contributed by atoms with Gasteiger partial charge < -0.3 is 24.9 Å². The average molecular weight is 519 g/mol. The second-order valence-corrected chi connectivity index (χ2v) is 9.55. The van der Waals surface area contributed by atoms with Crippen molar-refractivity contribution in [2.24, 2.45) is 5.92 Å². The summed E-state index contributed by atoms with van der Waals surface area (Å²) in [6.45, 7) is 4.61. The Kier molecular flexibility index (Phi) is 8.63. The van der Waals surface area contributed by atoms with E-state index in [4.69, 9.17) is 14.3 Å². The van der Waals surface area contributed by atoms with Gasteiger partial charge in [-0.15, -0.1) is 0 Å². The molecule has 198 valence electrons. The predicted octanol–water partition coefficient (Wildman–Crippen LogP) is 6.35. The van der Waals surface area contributed by atoms with Gasteiger partial charge in [-0.25, -0.2) is 4.39 Å². The minimum Gasteiger partial charge on any atom is -0.491 e. The zero-order valence-corrected chi connectivity index (χ0v) is 21.4. The van der Waals surface area contributed by atoms with Crippen LogP contribution in [0.15, 0.2) is 77.2 Å². The number of fused-ring (bicyclic) bond motifs is 1. The number of furan rings is 1. The fourth-order valence-corrected chi connectivity index (χ4v) is 4.17. The number of anilines is 1. The number of halogens is 1. The number of aliphatic carboxylic acids is 1. The summed E-state index contributed by atoms with van der Waals surface area (Å²) in [7, 11) is 0. The molecule has 8 heteroatoms. The van der Waals surface area contributed by atoms with Gasteiger partial charge in [-0.3, -0.25) is 9.59 Å². The van der Waals surface area contributed by atoms with E-state index in [1.807, 2.05) is 30.3 Å². The number of carboxylic acids is 1. The van der Waals surface area contributed by atoms with E-state index >= 15 is 0 Å². The van der Waals surface area contributed by atoms with E-state index in [0.717, 1.165) is 17.5 Å². The molecule has 0 aliphatic heterocycles. The quantitative estimate of drug-likeness (QED) is 0.202. The number of amides is 1. The van der Waals surface area contributed by atoms with Gasteiger partial charge in [-0.05, 0) is 60.9 Å².